The molecule has 9 saturated heterocycles. The van der Waals surface area contributed by atoms with Crippen molar-refractivity contribution < 1.29 is 331 Å². The first kappa shape index (κ1) is 239. The van der Waals surface area contributed by atoms with E-state index in [1.807, 2.05) is 19.6 Å². The fourth-order valence-electron chi connectivity index (χ4n) is 5.13. The first-order chi connectivity index (χ1) is 11.8. The van der Waals surface area contributed by atoms with E-state index in [9.17, 15) is 0 Å². The summed E-state index contributed by atoms with van der Waals surface area (Å²) < 4.78 is 0. The molecule has 58 heavy (non-hydrogen) atoms. The molecule has 0 atom stereocenters. The zero-order valence-electron chi connectivity index (χ0n) is 29.5. The second-order valence-electron chi connectivity index (χ2n) is 8.68. The normalized spacial score (nSPS) is 18.6. The molecule has 9 aliphatic rings. The second kappa shape index (κ2) is 137. The third-order valence-corrected chi connectivity index (χ3v) is 7.19. The van der Waals surface area contributed by atoms with Crippen LogP contribution in [0.15, 0.2) is 0 Å². The van der Waals surface area contributed by atoms with Crippen molar-refractivity contribution >= 4 is 0 Å². The molecule has 40 heteroatoms. The smallest absolute Gasteiger partial charge is 0.127 e. The van der Waals surface area contributed by atoms with Crippen LogP contribution < -0.4 is 19.6 Å². The van der Waals surface area contributed by atoms with Crippen LogP contribution in [0, 0.1) is 0 Å². The molecule has 6 bridgehead atoms. The SMILES string of the molecule is C1C[NH+]2CCN1CC2.C1C[NH+]2CCN1CC2.C1C[NH+]2CC[NH+]1CC2.[Mo].[Mo].[Mo].[Mo].[Mo].[Mo].[Mo].[Mo].[O-2].[O-2].[O-2].[O-2].[O-2].[O-2].[O-2].[O-2].[O-2].[O-2].[O-2].[O-2].[O-2].[O-2].[O-2].[O-2].[O-2].[O-2].[O-2].[O-2].[O-2].[O-2].[O-2].[O-2].[O-2].[O-2]. The van der Waals surface area contributed by atoms with Crippen molar-refractivity contribution in [2.75, 3.05) is 118 Å². The van der Waals surface area contributed by atoms with Crippen molar-refractivity contribution in [1.82, 2.24) is 9.80 Å². The first-order valence-corrected chi connectivity index (χ1v) is 10.6. The molecule has 32 nitrogen and oxygen atoms in total. The van der Waals surface area contributed by atoms with Crippen LogP contribution in [0.1, 0.15) is 0 Å². The topological polar surface area (TPSA) is 765 Å². The molecule has 0 aliphatic carbocycles. The van der Waals surface area contributed by atoms with E-state index in [0.29, 0.717) is 0 Å². The van der Waals surface area contributed by atoms with Crippen LogP contribution in [0.25, 0.3) is 0 Å². The van der Waals surface area contributed by atoms with Crippen LogP contribution in [-0.2, 0) is 311 Å². The quantitative estimate of drug-likeness (QED) is 0.172. The molecule has 0 aromatic heterocycles. The monoisotopic (exact) mass is 1540 g/mol. The third-order valence-electron chi connectivity index (χ3n) is 7.19. The fourth-order valence-corrected chi connectivity index (χ4v) is 5.13. The minimum atomic E-state index is 0. The molecule has 9 fully saturated rings. The van der Waals surface area contributed by atoms with Gasteiger partial charge in [0.2, 0.25) is 0 Å². The Morgan fingerprint density at radius 1 is 0.155 bits per heavy atom. The molecule has 0 aromatic carbocycles. The minimum Gasteiger partial charge on any atom is -2.00 e. The van der Waals surface area contributed by atoms with Gasteiger partial charge in [0.15, 0.2) is 0 Å². The van der Waals surface area contributed by atoms with Crippen LogP contribution in [0.5, 0.6) is 0 Å². The predicted octanol–water partition coefficient (Wildman–Crippen LogP) is -9.92. The molecule has 9 aliphatic heterocycles. The molecule has 9 heterocycles. The van der Waals surface area contributed by atoms with E-state index in [-0.39, 0.29) is 311 Å². The van der Waals surface area contributed by atoms with E-state index in [0.717, 1.165) is 0 Å². The van der Waals surface area contributed by atoms with Gasteiger partial charge in [0, 0.05) is 208 Å². The van der Waals surface area contributed by atoms with Crippen molar-refractivity contribution in [2.24, 2.45) is 0 Å². The molecular weight excluding hydrogens is 1480 g/mol. The summed E-state index contributed by atoms with van der Waals surface area (Å²) in [6.45, 7) is 25.2. The summed E-state index contributed by atoms with van der Waals surface area (Å²) in [5, 5.41) is 0. The maximum atomic E-state index is 2.56. The zero-order valence-corrected chi connectivity index (χ0v) is 45.6. The summed E-state index contributed by atoms with van der Waals surface area (Å²) in [5.74, 6) is 0. The Balaban J connectivity index is -0.00000000503. The van der Waals surface area contributed by atoms with Gasteiger partial charge < -0.3 is 162 Å². The number of hydrogen-bond donors (Lipinski definition) is 4. The number of fused-ring (bicyclic) bond motifs is 9. The van der Waals surface area contributed by atoms with Gasteiger partial charge in [-0.1, -0.05) is 0 Å². The number of nitrogens with zero attached hydrogens (tertiary/aromatic N) is 2. The van der Waals surface area contributed by atoms with Gasteiger partial charge in [0.1, 0.15) is 39.3 Å². The van der Waals surface area contributed by atoms with E-state index in [4.69, 9.17) is 0 Å². The van der Waals surface area contributed by atoms with Crippen molar-refractivity contribution in [1.29, 1.82) is 0 Å². The van der Waals surface area contributed by atoms with Crippen molar-refractivity contribution in [3.8, 4) is 0 Å². The maximum absolute atomic E-state index is 2.56. The number of nitrogens with one attached hydrogen (secondary N) is 4. The summed E-state index contributed by atoms with van der Waals surface area (Å²) in [4.78, 5) is 12.5. The third kappa shape index (κ3) is 87.2. The van der Waals surface area contributed by atoms with Gasteiger partial charge in [0.25, 0.3) is 0 Å². The molecule has 0 amide bonds. The van der Waals surface area contributed by atoms with Crippen LogP contribution in [0.3, 0.4) is 0 Å². The van der Waals surface area contributed by atoms with Gasteiger partial charge in [-0.05, 0) is 0 Å². The Morgan fingerprint density at radius 2 is 0.241 bits per heavy atom. The Hall–Kier alpha value is 4.23. The van der Waals surface area contributed by atoms with E-state index in [1.54, 1.807) is 0 Å². The van der Waals surface area contributed by atoms with Gasteiger partial charge >= 0.3 is 0 Å². The van der Waals surface area contributed by atoms with E-state index < -0.39 is 0 Å². The van der Waals surface area contributed by atoms with Gasteiger partial charge in [-0.25, -0.2) is 0 Å². The summed E-state index contributed by atoms with van der Waals surface area (Å²) in [7, 11) is 0. The Labute approximate surface area is 453 Å². The van der Waals surface area contributed by atoms with Crippen molar-refractivity contribution in [3.63, 3.8) is 0 Å². The Morgan fingerprint density at radius 3 is 0.276 bits per heavy atom. The standard InChI is InChI=1S/3C6H12N2.8Mo.26O/c3*1-2-8-5-3-7(1)4-6-8;;;;;;;;;;;;;;;;;;;;;;;;;;;;;;;;;;/h3*1-6H2;;;;;;;;;;;;;;;;;;;;;;;;;;;;;;;;;;/q;;;;;;;;;;;26*-2/p+4. The van der Waals surface area contributed by atoms with Crippen LogP contribution in [-0.4, -0.2) is 128 Å². The molecule has 0 aromatic rings. The second-order valence-corrected chi connectivity index (χ2v) is 8.68. The molecule has 0 unspecified atom stereocenters. The number of rotatable bonds is 0. The molecule has 394 valence electrons. The molecule has 0 radical (unpaired) electrons. The summed E-state index contributed by atoms with van der Waals surface area (Å²) in [6, 6.07) is 0. The maximum Gasteiger partial charge on any atom is 0.127 e. The molecule has 0 spiro atoms. The molecule has 9 rings (SSSR count). The van der Waals surface area contributed by atoms with Gasteiger partial charge in [-0.15, -0.1) is 0 Å². The fraction of sp³-hybridized carbons (Fsp3) is 1.00. The number of piperazine rings is 9. The minimum absolute atomic E-state index is 0. The van der Waals surface area contributed by atoms with Crippen LogP contribution in [0.4, 0.5) is 0 Å². The Kier molecular flexibility index (Phi) is 566. The van der Waals surface area contributed by atoms with E-state index in [2.05, 4.69) is 9.80 Å². The zero-order chi connectivity index (χ0) is 16.2. The van der Waals surface area contributed by atoms with Gasteiger partial charge in [-0.2, -0.15) is 0 Å². The summed E-state index contributed by atoms with van der Waals surface area (Å²) >= 11 is 0. The molecule has 0 saturated carbocycles. The largest absolute Gasteiger partial charge is 2.00 e. The average molecular weight is 1520 g/mol. The van der Waals surface area contributed by atoms with Crippen molar-refractivity contribution in [3.05, 3.63) is 0 Å². The van der Waals surface area contributed by atoms with Gasteiger partial charge in [-0.3, -0.25) is 9.80 Å². The first-order valence-electron chi connectivity index (χ1n) is 10.6. The summed E-state index contributed by atoms with van der Waals surface area (Å²) in [5.41, 5.74) is 0. The Bertz CT molecular complexity index is 325. The average Bonchev–Trinajstić information content (AvgIpc) is 2.73. The summed E-state index contributed by atoms with van der Waals surface area (Å²) in [6.07, 6.45) is 0. The van der Waals surface area contributed by atoms with Crippen LogP contribution >= 0.6 is 0 Å². The number of hydrogen-bond acceptors (Lipinski definition) is 2. The van der Waals surface area contributed by atoms with E-state index >= 15 is 0 Å². The van der Waals surface area contributed by atoms with Gasteiger partial charge in [0.05, 0.1) is 39.3 Å². The molecule has 4 N–H and O–H groups in total. The number of quaternary nitrogens is 4. The van der Waals surface area contributed by atoms with E-state index in [1.165, 1.54) is 118 Å². The van der Waals surface area contributed by atoms with Crippen molar-refractivity contribution in [2.45, 2.75) is 0 Å². The predicted molar refractivity (Wildman–Crippen MR) is 113 cm³/mol. The van der Waals surface area contributed by atoms with Crippen LogP contribution in [0.2, 0.25) is 0 Å². The molecular formula is C18H40Mo8N6O26-48.